The summed E-state index contributed by atoms with van der Waals surface area (Å²) >= 11 is 0. The van der Waals surface area contributed by atoms with Gasteiger partial charge in [-0.25, -0.2) is 0 Å². The average molecular weight is 125 g/mol. The van der Waals surface area contributed by atoms with E-state index in [1.165, 1.54) is 0 Å². The van der Waals surface area contributed by atoms with E-state index in [4.69, 9.17) is 0 Å². The molecule has 0 fully saturated rings. The van der Waals surface area contributed by atoms with Crippen LogP contribution in [0.1, 0.15) is 6.92 Å². The highest BCUT2D eigenvalue weighted by Crippen LogP contribution is 1.82. The molecule has 9 heavy (non-hydrogen) atoms. The van der Waals surface area contributed by atoms with Gasteiger partial charge in [-0.15, -0.1) is 6.58 Å². The van der Waals surface area contributed by atoms with Crippen LogP contribution in [-0.2, 0) is 0 Å². The van der Waals surface area contributed by atoms with E-state index in [2.05, 4.69) is 30.7 Å². The van der Waals surface area contributed by atoms with Gasteiger partial charge in [-0.05, 0) is 14.0 Å². The summed E-state index contributed by atoms with van der Waals surface area (Å²) in [7, 11) is 2.07. The molecule has 0 bridgehead atoms. The lowest BCUT2D eigenvalue weighted by molar-refractivity contribution is 0.413. The monoisotopic (exact) mass is 125 g/mol. The Morgan fingerprint density at radius 1 is 1.44 bits per heavy atom. The van der Waals surface area contributed by atoms with Crippen LogP contribution in [0.15, 0.2) is 24.8 Å². The van der Waals surface area contributed by atoms with Crippen LogP contribution >= 0.6 is 0 Å². The third kappa shape index (κ3) is 5.31. The zero-order valence-corrected chi connectivity index (χ0v) is 6.30. The number of likely N-dealkylation sites (N-methyl/N-ethyl adjacent to an activating group) is 1. The maximum absolute atomic E-state index is 3.64. The molecule has 1 heteroatoms. The van der Waals surface area contributed by atoms with Crippen LogP contribution in [0, 0.1) is 0 Å². The Bertz CT molecular complexity index is 94.7. The van der Waals surface area contributed by atoms with Crippen molar-refractivity contribution in [2.24, 2.45) is 0 Å². The molecule has 0 rings (SSSR count). The van der Waals surface area contributed by atoms with Crippen LogP contribution in [0.3, 0.4) is 0 Å². The van der Waals surface area contributed by atoms with Crippen molar-refractivity contribution in [3.63, 3.8) is 0 Å². The normalized spacial score (nSPS) is 11.0. The van der Waals surface area contributed by atoms with E-state index in [1.54, 1.807) is 0 Å². The van der Waals surface area contributed by atoms with Crippen LogP contribution in [0.5, 0.6) is 0 Å². The van der Waals surface area contributed by atoms with Crippen molar-refractivity contribution in [2.45, 2.75) is 6.92 Å². The van der Waals surface area contributed by atoms with Gasteiger partial charge in [0, 0.05) is 13.1 Å². The lowest BCUT2D eigenvalue weighted by atomic mass is 10.4. The van der Waals surface area contributed by atoms with E-state index in [-0.39, 0.29) is 0 Å². The van der Waals surface area contributed by atoms with Crippen LogP contribution in [0.4, 0.5) is 0 Å². The predicted molar refractivity (Wildman–Crippen MR) is 42.5 cm³/mol. The standard InChI is InChI=1S/C8H15N/c1-4-6-8-9(3)7-5-2/h4-6H,2,7-8H2,1,3H3. The zero-order chi connectivity index (χ0) is 7.11. The minimum absolute atomic E-state index is 0.963. The van der Waals surface area contributed by atoms with Crippen molar-refractivity contribution in [3.8, 4) is 0 Å². The molecule has 0 saturated heterocycles. The molecular formula is C8H15N. The fourth-order valence-electron chi connectivity index (χ4n) is 0.580. The lowest BCUT2D eigenvalue weighted by Gasteiger charge is -2.09. The largest absolute Gasteiger partial charge is 0.299 e. The van der Waals surface area contributed by atoms with Crippen molar-refractivity contribution in [3.05, 3.63) is 24.8 Å². The number of nitrogens with zero attached hydrogens (tertiary/aromatic N) is 1. The summed E-state index contributed by atoms with van der Waals surface area (Å²) < 4.78 is 0. The van der Waals surface area contributed by atoms with Gasteiger partial charge in [-0.1, -0.05) is 18.2 Å². The van der Waals surface area contributed by atoms with E-state index >= 15 is 0 Å². The quantitative estimate of drug-likeness (QED) is 0.517. The summed E-state index contributed by atoms with van der Waals surface area (Å²) in [6, 6.07) is 0. The molecule has 0 amide bonds. The minimum Gasteiger partial charge on any atom is -0.299 e. The summed E-state index contributed by atoms with van der Waals surface area (Å²) in [5, 5.41) is 0. The smallest absolute Gasteiger partial charge is 0.0163 e. The van der Waals surface area contributed by atoms with Crippen molar-refractivity contribution in [1.82, 2.24) is 4.90 Å². The second-order valence-electron chi connectivity index (χ2n) is 2.08. The molecule has 0 heterocycles. The molecule has 0 atom stereocenters. The Hall–Kier alpha value is -0.560. The number of hydrogen-bond donors (Lipinski definition) is 0. The van der Waals surface area contributed by atoms with Gasteiger partial charge in [-0.2, -0.15) is 0 Å². The number of allylic oxidation sites excluding steroid dienone is 1. The summed E-state index contributed by atoms with van der Waals surface area (Å²) in [6.07, 6.45) is 6.09. The lowest BCUT2D eigenvalue weighted by Crippen LogP contribution is -2.17. The molecule has 0 unspecified atom stereocenters. The fourth-order valence-corrected chi connectivity index (χ4v) is 0.580. The first-order valence-electron chi connectivity index (χ1n) is 3.22. The first-order valence-corrected chi connectivity index (χ1v) is 3.22. The first kappa shape index (κ1) is 8.44. The summed E-state index contributed by atoms with van der Waals surface area (Å²) in [6.45, 7) is 7.65. The van der Waals surface area contributed by atoms with Gasteiger partial charge < -0.3 is 0 Å². The van der Waals surface area contributed by atoms with Gasteiger partial charge in [0.05, 0.1) is 0 Å². The van der Waals surface area contributed by atoms with E-state index in [1.807, 2.05) is 13.0 Å². The van der Waals surface area contributed by atoms with E-state index < -0.39 is 0 Å². The Labute approximate surface area is 57.7 Å². The molecule has 0 aliphatic carbocycles. The first-order chi connectivity index (χ1) is 4.31. The molecule has 0 N–H and O–H groups in total. The third-order valence-electron chi connectivity index (χ3n) is 1.09. The van der Waals surface area contributed by atoms with Gasteiger partial charge >= 0.3 is 0 Å². The molecular weight excluding hydrogens is 110 g/mol. The Balaban J connectivity index is 3.25. The van der Waals surface area contributed by atoms with Crippen LogP contribution in [-0.4, -0.2) is 25.0 Å². The molecule has 0 aromatic carbocycles. The Morgan fingerprint density at radius 3 is 2.56 bits per heavy atom. The molecule has 0 spiro atoms. The van der Waals surface area contributed by atoms with Gasteiger partial charge in [0.2, 0.25) is 0 Å². The summed E-state index contributed by atoms with van der Waals surface area (Å²) in [4.78, 5) is 2.19. The van der Waals surface area contributed by atoms with Crippen LogP contribution < -0.4 is 0 Å². The van der Waals surface area contributed by atoms with Gasteiger partial charge in [0.15, 0.2) is 0 Å². The third-order valence-corrected chi connectivity index (χ3v) is 1.09. The van der Waals surface area contributed by atoms with E-state index in [9.17, 15) is 0 Å². The van der Waals surface area contributed by atoms with E-state index in [0.29, 0.717) is 0 Å². The maximum atomic E-state index is 3.64. The second-order valence-corrected chi connectivity index (χ2v) is 2.08. The second kappa shape index (κ2) is 5.57. The Kier molecular flexibility index (Phi) is 5.23. The summed E-state index contributed by atoms with van der Waals surface area (Å²) in [5.74, 6) is 0. The van der Waals surface area contributed by atoms with Crippen molar-refractivity contribution >= 4 is 0 Å². The molecule has 0 aliphatic heterocycles. The number of hydrogen-bond acceptors (Lipinski definition) is 1. The van der Waals surface area contributed by atoms with Gasteiger partial charge in [0.1, 0.15) is 0 Å². The average Bonchev–Trinajstić information content (AvgIpc) is 1.85. The van der Waals surface area contributed by atoms with Gasteiger partial charge in [0.25, 0.3) is 0 Å². The molecule has 0 aromatic rings. The summed E-state index contributed by atoms with van der Waals surface area (Å²) in [5.41, 5.74) is 0. The highest BCUT2D eigenvalue weighted by Gasteiger charge is 1.86. The Morgan fingerprint density at radius 2 is 2.11 bits per heavy atom. The van der Waals surface area contributed by atoms with Crippen LogP contribution in [0.25, 0.3) is 0 Å². The molecule has 0 saturated carbocycles. The molecule has 0 aromatic heterocycles. The fraction of sp³-hybridized carbons (Fsp3) is 0.500. The minimum atomic E-state index is 0.963. The predicted octanol–water partition coefficient (Wildman–Crippen LogP) is 1.68. The van der Waals surface area contributed by atoms with Gasteiger partial charge in [-0.3, -0.25) is 4.90 Å². The number of rotatable bonds is 4. The molecule has 0 radical (unpaired) electrons. The van der Waals surface area contributed by atoms with Crippen molar-refractivity contribution in [2.75, 3.05) is 20.1 Å². The van der Waals surface area contributed by atoms with Crippen molar-refractivity contribution < 1.29 is 0 Å². The molecule has 1 nitrogen and oxygen atoms in total. The topological polar surface area (TPSA) is 3.24 Å². The van der Waals surface area contributed by atoms with Crippen molar-refractivity contribution in [1.29, 1.82) is 0 Å². The zero-order valence-electron chi connectivity index (χ0n) is 6.30. The maximum Gasteiger partial charge on any atom is 0.0163 e. The highest BCUT2D eigenvalue weighted by molar-refractivity contribution is 4.82. The molecule has 52 valence electrons. The van der Waals surface area contributed by atoms with Crippen LogP contribution in [0.2, 0.25) is 0 Å². The highest BCUT2D eigenvalue weighted by atomic mass is 15.1. The van der Waals surface area contributed by atoms with E-state index in [0.717, 1.165) is 13.1 Å². The SMILES string of the molecule is C=CCN(C)CC=CC. The molecule has 0 aliphatic rings.